The van der Waals surface area contributed by atoms with Crippen molar-refractivity contribution in [1.82, 2.24) is 15.1 Å². The monoisotopic (exact) mass is 394 g/mol. The van der Waals surface area contributed by atoms with Crippen LogP contribution in [-0.2, 0) is 11.3 Å². The van der Waals surface area contributed by atoms with Gasteiger partial charge in [-0.2, -0.15) is 0 Å². The highest BCUT2D eigenvalue weighted by molar-refractivity contribution is 5.94. The van der Waals surface area contributed by atoms with Gasteiger partial charge in [0.1, 0.15) is 0 Å². The van der Waals surface area contributed by atoms with Crippen molar-refractivity contribution in [3.05, 3.63) is 35.4 Å². The number of carbonyl (C=O) groups is 2. The Labute approximate surface area is 167 Å². The fraction of sp³-hybridized carbons (Fsp3) is 0.600. The Kier molecular flexibility index (Phi) is 8.54. The molecular formula is C20H31ClN4O2. The van der Waals surface area contributed by atoms with E-state index < -0.39 is 0 Å². The smallest absolute Gasteiger partial charge is 0.253 e. The van der Waals surface area contributed by atoms with Gasteiger partial charge >= 0.3 is 0 Å². The van der Waals surface area contributed by atoms with Crippen molar-refractivity contribution in [2.45, 2.75) is 44.7 Å². The first-order chi connectivity index (χ1) is 12.7. The number of carbonyl (C=O) groups excluding carboxylic acids is 2. The lowest BCUT2D eigenvalue weighted by Gasteiger charge is -2.34. The second-order valence-electron chi connectivity index (χ2n) is 7.37. The third-order valence-corrected chi connectivity index (χ3v) is 5.43. The molecule has 1 saturated carbocycles. The number of halogens is 1. The van der Waals surface area contributed by atoms with Crippen molar-refractivity contribution < 1.29 is 9.59 Å². The van der Waals surface area contributed by atoms with Gasteiger partial charge in [-0.25, -0.2) is 0 Å². The first-order valence-corrected chi connectivity index (χ1v) is 9.75. The molecule has 2 fully saturated rings. The van der Waals surface area contributed by atoms with Crippen molar-refractivity contribution >= 4 is 24.2 Å². The van der Waals surface area contributed by atoms with Gasteiger partial charge in [0.05, 0.1) is 6.54 Å². The molecule has 3 rings (SSSR count). The van der Waals surface area contributed by atoms with E-state index in [1.807, 2.05) is 29.2 Å². The summed E-state index contributed by atoms with van der Waals surface area (Å²) in [5, 5.41) is 3.17. The molecule has 0 unspecified atom stereocenters. The zero-order valence-electron chi connectivity index (χ0n) is 15.9. The summed E-state index contributed by atoms with van der Waals surface area (Å²) < 4.78 is 0. The topological polar surface area (TPSA) is 78.7 Å². The van der Waals surface area contributed by atoms with Crippen molar-refractivity contribution in [3.8, 4) is 0 Å². The number of benzene rings is 1. The summed E-state index contributed by atoms with van der Waals surface area (Å²) in [6, 6.07) is 7.84. The Bertz CT molecular complexity index is 609. The number of nitrogens with zero attached hydrogens (tertiary/aromatic N) is 2. The lowest BCUT2D eigenvalue weighted by molar-refractivity contribution is -0.123. The van der Waals surface area contributed by atoms with Gasteiger partial charge in [-0.05, 0) is 30.5 Å². The van der Waals surface area contributed by atoms with Gasteiger partial charge in [0.25, 0.3) is 5.91 Å². The second-order valence-corrected chi connectivity index (χ2v) is 7.37. The van der Waals surface area contributed by atoms with Gasteiger partial charge < -0.3 is 16.0 Å². The number of hydrogen-bond acceptors (Lipinski definition) is 4. The van der Waals surface area contributed by atoms with E-state index in [4.69, 9.17) is 5.73 Å². The molecule has 1 aliphatic carbocycles. The van der Waals surface area contributed by atoms with Crippen LogP contribution in [0.25, 0.3) is 0 Å². The van der Waals surface area contributed by atoms with Crippen molar-refractivity contribution in [1.29, 1.82) is 0 Å². The Morgan fingerprint density at radius 1 is 1.00 bits per heavy atom. The molecule has 1 aliphatic heterocycles. The second kappa shape index (κ2) is 10.6. The van der Waals surface area contributed by atoms with Crippen molar-refractivity contribution in [2.24, 2.45) is 5.73 Å². The molecule has 1 heterocycles. The summed E-state index contributed by atoms with van der Waals surface area (Å²) in [7, 11) is 0. The summed E-state index contributed by atoms with van der Waals surface area (Å²) in [6.45, 7) is 3.72. The largest absolute Gasteiger partial charge is 0.352 e. The van der Waals surface area contributed by atoms with E-state index in [0.717, 1.165) is 31.5 Å². The van der Waals surface area contributed by atoms with E-state index in [1.54, 1.807) is 0 Å². The maximum absolute atomic E-state index is 12.6. The molecule has 2 amide bonds. The van der Waals surface area contributed by atoms with Crippen LogP contribution < -0.4 is 11.1 Å². The molecule has 0 spiro atoms. The van der Waals surface area contributed by atoms with Crippen molar-refractivity contribution in [3.63, 3.8) is 0 Å². The van der Waals surface area contributed by atoms with Gasteiger partial charge in [-0.3, -0.25) is 14.5 Å². The van der Waals surface area contributed by atoms with Crippen molar-refractivity contribution in [2.75, 3.05) is 32.7 Å². The fourth-order valence-electron chi connectivity index (χ4n) is 3.80. The molecule has 1 saturated heterocycles. The number of rotatable bonds is 5. The Morgan fingerprint density at radius 3 is 2.22 bits per heavy atom. The molecule has 27 heavy (non-hydrogen) atoms. The predicted octanol–water partition coefficient (Wildman–Crippen LogP) is 1.77. The Balaban J connectivity index is 0.00000261. The summed E-state index contributed by atoms with van der Waals surface area (Å²) in [5.74, 6) is 0.175. The molecule has 0 aromatic heterocycles. The number of nitrogens with one attached hydrogen (secondary N) is 1. The minimum atomic E-state index is 0. The van der Waals surface area contributed by atoms with Crippen LogP contribution in [0.4, 0.5) is 0 Å². The fourth-order valence-corrected chi connectivity index (χ4v) is 3.80. The van der Waals surface area contributed by atoms with E-state index >= 15 is 0 Å². The van der Waals surface area contributed by atoms with Crippen LogP contribution in [0.3, 0.4) is 0 Å². The van der Waals surface area contributed by atoms with Crippen LogP contribution in [0.2, 0.25) is 0 Å². The number of nitrogens with two attached hydrogens (primary N) is 1. The van der Waals surface area contributed by atoms with Crippen LogP contribution in [0.15, 0.2) is 24.3 Å². The SMILES string of the molecule is Cl.NCc1ccc(C(=O)N2CCN(CC(=O)NC3CCCCC3)CC2)cc1. The summed E-state index contributed by atoms with van der Waals surface area (Å²) >= 11 is 0. The normalized spacial score (nSPS) is 18.6. The van der Waals surface area contributed by atoms with E-state index in [9.17, 15) is 9.59 Å². The predicted molar refractivity (Wildman–Crippen MR) is 109 cm³/mol. The van der Waals surface area contributed by atoms with Crippen LogP contribution >= 0.6 is 12.4 Å². The minimum absolute atomic E-state index is 0. The lowest BCUT2D eigenvalue weighted by atomic mass is 9.95. The summed E-state index contributed by atoms with van der Waals surface area (Å²) in [6.07, 6.45) is 5.95. The zero-order valence-corrected chi connectivity index (χ0v) is 16.7. The van der Waals surface area contributed by atoms with Crippen LogP contribution in [0.1, 0.15) is 48.0 Å². The summed E-state index contributed by atoms with van der Waals surface area (Å²) in [5.41, 5.74) is 7.32. The van der Waals surface area contributed by atoms with Gasteiger partial charge in [-0.15, -0.1) is 12.4 Å². The van der Waals surface area contributed by atoms with Crippen LogP contribution in [-0.4, -0.2) is 60.4 Å². The molecule has 0 atom stereocenters. The highest BCUT2D eigenvalue weighted by Crippen LogP contribution is 2.17. The van der Waals surface area contributed by atoms with Crippen LogP contribution in [0.5, 0.6) is 0 Å². The number of amides is 2. The van der Waals surface area contributed by atoms with Crippen LogP contribution in [0, 0.1) is 0 Å². The van der Waals surface area contributed by atoms with Gasteiger partial charge in [-0.1, -0.05) is 31.4 Å². The third-order valence-electron chi connectivity index (χ3n) is 5.43. The molecule has 7 heteroatoms. The van der Waals surface area contributed by atoms with E-state index in [0.29, 0.717) is 37.8 Å². The first kappa shape index (κ1) is 21.7. The molecule has 3 N–H and O–H groups in total. The average molecular weight is 395 g/mol. The molecule has 6 nitrogen and oxygen atoms in total. The van der Waals surface area contributed by atoms with E-state index in [2.05, 4.69) is 10.2 Å². The molecule has 2 aliphatic rings. The van der Waals surface area contributed by atoms with Gasteiger partial charge in [0.2, 0.25) is 5.91 Å². The standard InChI is InChI=1S/C20H30N4O2.ClH/c21-14-16-6-8-17(9-7-16)20(26)24-12-10-23(11-13-24)15-19(25)22-18-4-2-1-3-5-18;/h6-9,18H,1-5,10-15,21H2,(H,22,25);1H. The highest BCUT2D eigenvalue weighted by Gasteiger charge is 2.24. The third kappa shape index (κ3) is 6.19. The molecule has 1 aromatic rings. The van der Waals surface area contributed by atoms with E-state index in [-0.39, 0.29) is 24.2 Å². The zero-order chi connectivity index (χ0) is 18.4. The molecular weight excluding hydrogens is 364 g/mol. The lowest BCUT2D eigenvalue weighted by Crippen LogP contribution is -2.52. The molecule has 0 bridgehead atoms. The molecule has 150 valence electrons. The Morgan fingerprint density at radius 2 is 1.63 bits per heavy atom. The Hall–Kier alpha value is -1.63. The average Bonchev–Trinajstić information content (AvgIpc) is 2.69. The summed E-state index contributed by atoms with van der Waals surface area (Å²) in [4.78, 5) is 28.8. The number of piperazine rings is 1. The highest BCUT2D eigenvalue weighted by atomic mass is 35.5. The quantitative estimate of drug-likeness (QED) is 0.797. The maximum atomic E-state index is 12.6. The van der Waals surface area contributed by atoms with Gasteiger partial charge in [0.15, 0.2) is 0 Å². The minimum Gasteiger partial charge on any atom is -0.352 e. The first-order valence-electron chi connectivity index (χ1n) is 9.75. The number of hydrogen-bond donors (Lipinski definition) is 2. The van der Waals surface area contributed by atoms with E-state index in [1.165, 1.54) is 19.3 Å². The molecule has 1 aromatic carbocycles. The van der Waals surface area contributed by atoms with Gasteiger partial charge in [0, 0.05) is 44.3 Å². The maximum Gasteiger partial charge on any atom is 0.253 e. The molecule has 0 radical (unpaired) electrons.